The molecular formula is C26H31ClN2O5. The van der Waals surface area contributed by atoms with Crippen LogP contribution < -0.4 is 10.1 Å². The van der Waals surface area contributed by atoms with E-state index in [4.69, 9.17) is 21.1 Å². The van der Waals surface area contributed by atoms with Crippen molar-refractivity contribution in [3.05, 3.63) is 58.2 Å². The lowest BCUT2D eigenvalue weighted by atomic mass is 9.87. The molecule has 1 N–H and O–H groups in total. The van der Waals surface area contributed by atoms with Crippen LogP contribution in [0.1, 0.15) is 71.7 Å². The number of nitrogens with zero attached hydrogens (tertiary/aromatic N) is 1. The smallest absolute Gasteiger partial charge is 0.308 e. The van der Waals surface area contributed by atoms with Gasteiger partial charge in [0, 0.05) is 41.4 Å². The standard InChI is InChI=1S/C26H31ClN2O5/c1-3-33-26(32)18-6-10-21(11-7-18)34-24-13-9-20(16-29-24)23(30)5-4-14-28-25(31)19-8-12-22(27)17(2)15-19/h8-9,12-13,15-16,18,21H,3-7,10-11,14H2,1-2H3,(H,28,31). The van der Waals surface area contributed by atoms with E-state index in [-0.39, 0.29) is 29.7 Å². The van der Waals surface area contributed by atoms with Gasteiger partial charge in [-0.3, -0.25) is 14.4 Å². The second kappa shape index (κ2) is 12.5. The van der Waals surface area contributed by atoms with Gasteiger partial charge in [0.15, 0.2) is 5.78 Å². The Morgan fingerprint density at radius 2 is 1.82 bits per heavy atom. The number of hydrogen-bond acceptors (Lipinski definition) is 6. The molecule has 1 saturated carbocycles. The fourth-order valence-electron chi connectivity index (χ4n) is 3.95. The summed E-state index contributed by atoms with van der Waals surface area (Å²) in [4.78, 5) is 40.8. The molecule has 0 unspecified atom stereocenters. The lowest BCUT2D eigenvalue weighted by molar-refractivity contribution is -0.149. The van der Waals surface area contributed by atoms with Gasteiger partial charge in [0.25, 0.3) is 5.91 Å². The van der Waals surface area contributed by atoms with E-state index >= 15 is 0 Å². The second-order valence-electron chi connectivity index (χ2n) is 8.48. The molecule has 1 aromatic heterocycles. The van der Waals surface area contributed by atoms with E-state index in [0.29, 0.717) is 48.0 Å². The van der Waals surface area contributed by atoms with Crippen LogP contribution in [0.15, 0.2) is 36.5 Å². The molecule has 1 fully saturated rings. The highest BCUT2D eigenvalue weighted by molar-refractivity contribution is 6.31. The highest BCUT2D eigenvalue weighted by Crippen LogP contribution is 2.28. The number of ketones is 1. The number of amides is 1. The molecule has 0 spiro atoms. The van der Waals surface area contributed by atoms with Gasteiger partial charge < -0.3 is 14.8 Å². The minimum atomic E-state index is -0.188. The normalized spacial score (nSPS) is 17.6. The zero-order valence-corrected chi connectivity index (χ0v) is 20.4. The van der Waals surface area contributed by atoms with Crippen molar-refractivity contribution in [2.75, 3.05) is 13.2 Å². The Hall–Kier alpha value is -2.93. The largest absolute Gasteiger partial charge is 0.474 e. The summed E-state index contributed by atoms with van der Waals surface area (Å²) in [5.41, 5.74) is 1.90. The van der Waals surface area contributed by atoms with Gasteiger partial charge in [-0.05, 0) is 75.8 Å². The third-order valence-electron chi connectivity index (χ3n) is 5.93. The molecule has 0 atom stereocenters. The topological polar surface area (TPSA) is 94.6 Å². The van der Waals surface area contributed by atoms with E-state index in [1.807, 2.05) is 13.8 Å². The van der Waals surface area contributed by atoms with E-state index < -0.39 is 0 Å². The lowest BCUT2D eigenvalue weighted by Crippen LogP contribution is -2.29. The van der Waals surface area contributed by atoms with Crippen molar-refractivity contribution in [2.45, 2.75) is 58.5 Å². The number of aromatic nitrogens is 1. The molecule has 8 heteroatoms. The maximum Gasteiger partial charge on any atom is 0.308 e. The fourth-order valence-corrected chi connectivity index (χ4v) is 4.06. The molecule has 34 heavy (non-hydrogen) atoms. The predicted octanol–water partition coefficient (Wildman–Crippen LogP) is 4.94. The summed E-state index contributed by atoms with van der Waals surface area (Å²) in [6.45, 7) is 4.46. The van der Waals surface area contributed by atoms with Gasteiger partial charge >= 0.3 is 5.97 Å². The number of Topliss-reactive ketones (excluding diaryl/α,β-unsaturated/α-hetero) is 1. The summed E-state index contributed by atoms with van der Waals surface area (Å²) in [5, 5.41) is 3.44. The quantitative estimate of drug-likeness (QED) is 0.290. The third kappa shape index (κ3) is 7.29. The maximum absolute atomic E-state index is 12.4. The van der Waals surface area contributed by atoms with Gasteiger partial charge in [-0.2, -0.15) is 0 Å². The number of pyridine rings is 1. The molecule has 182 valence electrons. The predicted molar refractivity (Wildman–Crippen MR) is 129 cm³/mol. The summed E-state index contributed by atoms with van der Waals surface area (Å²) in [7, 11) is 0. The Labute approximate surface area is 205 Å². The number of esters is 1. The van der Waals surface area contributed by atoms with E-state index in [9.17, 15) is 14.4 Å². The molecule has 0 saturated heterocycles. The van der Waals surface area contributed by atoms with Gasteiger partial charge in [-0.1, -0.05) is 11.6 Å². The number of halogens is 1. The summed E-state index contributed by atoms with van der Waals surface area (Å²) in [5.74, 6) is 0.0772. The van der Waals surface area contributed by atoms with Gasteiger partial charge in [0.1, 0.15) is 6.10 Å². The number of ether oxygens (including phenoxy) is 2. The molecule has 7 nitrogen and oxygen atoms in total. The molecule has 0 bridgehead atoms. The van der Waals surface area contributed by atoms with Crippen LogP contribution in [0.25, 0.3) is 0 Å². The molecule has 1 heterocycles. The first-order valence-electron chi connectivity index (χ1n) is 11.7. The van der Waals surface area contributed by atoms with Gasteiger partial charge in [-0.25, -0.2) is 4.98 Å². The monoisotopic (exact) mass is 486 g/mol. The summed E-state index contributed by atoms with van der Waals surface area (Å²) in [6.07, 6.45) is 5.39. The number of aryl methyl sites for hydroxylation is 1. The number of rotatable bonds is 10. The summed E-state index contributed by atoms with van der Waals surface area (Å²) < 4.78 is 11.0. The van der Waals surface area contributed by atoms with E-state index in [1.54, 1.807) is 30.3 Å². The summed E-state index contributed by atoms with van der Waals surface area (Å²) in [6, 6.07) is 8.53. The van der Waals surface area contributed by atoms with Crippen LogP contribution in [0.4, 0.5) is 0 Å². The fraction of sp³-hybridized carbons (Fsp3) is 0.462. The first kappa shape index (κ1) is 25.7. The van der Waals surface area contributed by atoms with Crippen molar-refractivity contribution in [1.29, 1.82) is 0 Å². The Morgan fingerprint density at radius 3 is 2.47 bits per heavy atom. The number of benzene rings is 1. The van der Waals surface area contributed by atoms with Crippen molar-refractivity contribution in [3.63, 3.8) is 0 Å². The minimum absolute atomic E-state index is 0.00719. The molecule has 1 aromatic carbocycles. The molecule has 1 aliphatic rings. The number of nitrogens with one attached hydrogen (secondary N) is 1. The van der Waals surface area contributed by atoms with Crippen molar-refractivity contribution in [3.8, 4) is 5.88 Å². The second-order valence-corrected chi connectivity index (χ2v) is 8.88. The number of hydrogen-bond donors (Lipinski definition) is 1. The molecular weight excluding hydrogens is 456 g/mol. The van der Waals surface area contributed by atoms with Crippen molar-refractivity contribution in [2.24, 2.45) is 5.92 Å². The van der Waals surface area contributed by atoms with E-state index in [2.05, 4.69) is 10.3 Å². The Balaban J connectivity index is 1.38. The highest BCUT2D eigenvalue weighted by Gasteiger charge is 2.28. The maximum atomic E-state index is 12.4. The Morgan fingerprint density at radius 1 is 1.09 bits per heavy atom. The minimum Gasteiger partial charge on any atom is -0.474 e. The van der Waals surface area contributed by atoms with Crippen molar-refractivity contribution < 1.29 is 23.9 Å². The Kier molecular flexibility index (Phi) is 9.45. The average Bonchev–Trinajstić information content (AvgIpc) is 2.84. The van der Waals surface area contributed by atoms with Crippen LogP contribution in [0.2, 0.25) is 5.02 Å². The van der Waals surface area contributed by atoms with Crippen molar-refractivity contribution in [1.82, 2.24) is 10.3 Å². The highest BCUT2D eigenvalue weighted by atomic mass is 35.5. The third-order valence-corrected chi connectivity index (χ3v) is 6.35. The van der Waals surface area contributed by atoms with Crippen LogP contribution in [0.3, 0.4) is 0 Å². The average molecular weight is 487 g/mol. The van der Waals surface area contributed by atoms with Crippen molar-refractivity contribution >= 4 is 29.3 Å². The van der Waals surface area contributed by atoms with Crippen LogP contribution >= 0.6 is 11.6 Å². The molecule has 1 amide bonds. The van der Waals surface area contributed by atoms with Gasteiger partial charge in [0.05, 0.1) is 12.5 Å². The lowest BCUT2D eigenvalue weighted by Gasteiger charge is -2.27. The zero-order valence-electron chi connectivity index (χ0n) is 19.6. The first-order valence-corrected chi connectivity index (χ1v) is 12.1. The number of carbonyl (C=O) groups excluding carboxylic acids is 3. The van der Waals surface area contributed by atoms with Crippen LogP contribution in [0.5, 0.6) is 5.88 Å². The molecule has 2 aromatic rings. The Bertz CT molecular complexity index is 1000. The molecule has 3 rings (SSSR count). The van der Waals surface area contributed by atoms with Crippen LogP contribution in [-0.4, -0.2) is 41.9 Å². The molecule has 0 aliphatic heterocycles. The van der Waals surface area contributed by atoms with Crippen LogP contribution in [-0.2, 0) is 9.53 Å². The number of carbonyl (C=O) groups is 3. The van der Waals surface area contributed by atoms with Crippen LogP contribution in [0, 0.1) is 12.8 Å². The molecule has 1 aliphatic carbocycles. The van der Waals surface area contributed by atoms with Gasteiger partial charge in [-0.15, -0.1) is 0 Å². The van der Waals surface area contributed by atoms with E-state index in [0.717, 1.165) is 31.2 Å². The van der Waals surface area contributed by atoms with Gasteiger partial charge in [0.2, 0.25) is 5.88 Å². The summed E-state index contributed by atoms with van der Waals surface area (Å²) >= 11 is 5.99. The molecule has 0 radical (unpaired) electrons. The zero-order chi connectivity index (χ0) is 24.5. The SMILES string of the molecule is CCOC(=O)C1CCC(Oc2ccc(C(=O)CCCNC(=O)c3ccc(Cl)c(C)c3)cn2)CC1. The van der Waals surface area contributed by atoms with E-state index in [1.165, 1.54) is 6.20 Å². The first-order chi connectivity index (χ1) is 16.4.